The van der Waals surface area contributed by atoms with Gasteiger partial charge in [0.05, 0.1) is 37.8 Å². The number of methoxy groups -OCH3 is 2. The van der Waals surface area contributed by atoms with Crippen LogP contribution in [0.2, 0.25) is 0 Å². The fourth-order valence-electron chi connectivity index (χ4n) is 3.29. The minimum Gasteiger partial charge on any atom is -0.466 e. The molecule has 3 aromatic rings. The molecule has 0 aliphatic rings. The van der Waals surface area contributed by atoms with E-state index in [0.717, 1.165) is 11.6 Å². The Bertz CT molecular complexity index is 1230. The number of nitrogens with zero attached hydrogens (tertiary/aromatic N) is 1. The SMILES string of the molecule is C=Cc1oc2ccccc2c(=O)c1CN(Cc1ccccc1)/C(=C/C(=O)OC)C(=O)OC. The lowest BCUT2D eigenvalue weighted by atomic mass is 10.1. The first-order valence-electron chi connectivity index (χ1n) is 9.82. The van der Waals surface area contributed by atoms with Crippen molar-refractivity contribution >= 4 is 29.0 Å². The van der Waals surface area contributed by atoms with Crippen molar-refractivity contribution in [1.29, 1.82) is 0 Å². The molecule has 0 N–H and O–H groups in total. The van der Waals surface area contributed by atoms with Crippen molar-refractivity contribution in [2.75, 3.05) is 14.2 Å². The summed E-state index contributed by atoms with van der Waals surface area (Å²) in [5.74, 6) is -1.18. The molecule has 0 aliphatic heterocycles. The molecular formula is C25H23NO6. The molecule has 3 rings (SSSR count). The highest BCUT2D eigenvalue weighted by atomic mass is 16.5. The maximum Gasteiger partial charge on any atom is 0.354 e. The van der Waals surface area contributed by atoms with Crippen molar-refractivity contribution in [3.05, 3.63) is 100 Å². The second-order valence-electron chi connectivity index (χ2n) is 6.86. The summed E-state index contributed by atoms with van der Waals surface area (Å²) < 4.78 is 15.5. The van der Waals surface area contributed by atoms with E-state index in [2.05, 4.69) is 6.58 Å². The van der Waals surface area contributed by atoms with Crippen LogP contribution in [0.15, 0.2) is 82.2 Å². The predicted octanol–water partition coefficient (Wildman–Crippen LogP) is 3.67. The second-order valence-corrected chi connectivity index (χ2v) is 6.86. The van der Waals surface area contributed by atoms with Gasteiger partial charge in [0.25, 0.3) is 0 Å². The van der Waals surface area contributed by atoms with Crippen LogP contribution in [0, 0.1) is 0 Å². The molecular weight excluding hydrogens is 410 g/mol. The summed E-state index contributed by atoms with van der Waals surface area (Å²) in [5.41, 5.74) is 1.30. The zero-order valence-corrected chi connectivity index (χ0v) is 17.9. The number of rotatable bonds is 8. The van der Waals surface area contributed by atoms with Crippen LogP contribution in [-0.4, -0.2) is 31.1 Å². The van der Waals surface area contributed by atoms with Crippen molar-refractivity contribution in [2.45, 2.75) is 13.1 Å². The van der Waals surface area contributed by atoms with E-state index in [-0.39, 0.29) is 30.0 Å². The molecule has 0 spiro atoms. The van der Waals surface area contributed by atoms with Gasteiger partial charge in [-0.05, 0) is 23.8 Å². The second kappa shape index (κ2) is 10.3. The Morgan fingerprint density at radius 1 is 1.00 bits per heavy atom. The third-order valence-electron chi connectivity index (χ3n) is 4.86. The Balaban J connectivity index is 2.16. The summed E-state index contributed by atoms with van der Waals surface area (Å²) in [5, 5.41) is 0.407. The van der Waals surface area contributed by atoms with Crippen LogP contribution in [0.1, 0.15) is 16.9 Å². The first-order chi connectivity index (χ1) is 15.5. The lowest BCUT2D eigenvalue weighted by Crippen LogP contribution is -2.31. The van der Waals surface area contributed by atoms with Crippen molar-refractivity contribution in [3.63, 3.8) is 0 Å². The molecule has 0 atom stereocenters. The molecule has 0 amide bonds. The summed E-state index contributed by atoms with van der Waals surface area (Å²) in [7, 11) is 2.43. The Morgan fingerprint density at radius 3 is 2.34 bits per heavy atom. The van der Waals surface area contributed by atoms with Crippen LogP contribution in [0.4, 0.5) is 0 Å². The van der Waals surface area contributed by atoms with Gasteiger partial charge in [-0.1, -0.05) is 49.0 Å². The van der Waals surface area contributed by atoms with Crippen molar-refractivity contribution < 1.29 is 23.5 Å². The van der Waals surface area contributed by atoms with Gasteiger partial charge in [0.15, 0.2) is 5.43 Å². The van der Waals surface area contributed by atoms with E-state index in [4.69, 9.17) is 13.9 Å². The summed E-state index contributed by atoms with van der Waals surface area (Å²) in [6, 6.07) is 16.2. The first kappa shape index (κ1) is 22.6. The van der Waals surface area contributed by atoms with Crippen LogP contribution in [-0.2, 0) is 32.2 Å². The Hall–Kier alpha value is -4.13. The lowest BCUT2D eigenvalue weighted by Gasteiger charge is -2.26. The number of ether oxygens (including phenoxy) is 2. The Labute approximate surface area is 185 Å². The molecule has 0 unspecified atom stereocenters. The van der Waals surface area contributed by atoms with Crippen molar-refractivity contribution in [3.8, 4) is 0 Å². The van der Waals surface area contributed by atoms with E-state index in [1.807, 2.05) is 30.3 Å². The van der Waals surface area contributed by atoms with Gasteiger partial charge in [-0.15, -0.1) is 0 Å². The smallest absolute Gasteiger partial charge is 0.354 e. The largest absolute Gasteiger partial charge is 0.466 e. The average Bonchev–Trinajstić information content (AvgIpc) is 2.83. The van der Waals surface area contributed by atoms with Gasteiger partial charge in [-0.2, -0.15) is 0 Å². The standard InChI is InChI=1S/C25H23NO6/c1-4-21-19(24(28)18-12-8-9-13-22(18)32-21)16-26(15-17-10-6-5-7-11-17)20(25(29)31-3)14-23(27)30-2/h4-14H,1,15-16H2,2-3H3/b20-14+. The maximum absolute atomic E-state index is 13.3. The highest BCUT2D eigenvalue weighted by Gasteiger charge is 2.24. The molecule has 0 bridgehead atoms. The number of benzene rings is 2. The molecule has 0 saturated carbocycles. The molecule has 1 aromatic heterocycles. The molecule has 1 heterocycles. The molecule has 2 aromatic carbocycles. The van der Waals surface area contributed by atoms with Crippen LogP contribution in [0.25, 0.3) is 17.0 Å². The monoisotopic (exact) mass is 433 g/mol. The van der Waals surface area contributed by atoms with Crippen molar-refractivity contribution in [2.24, 2.45) is 0 Å². The lowest BCUT2D eigenvalue weighted by molar-refractivity contribution is -0.140. The van der Waals surface area contributed by atoms with Gasteiger partial charge in [0, 0.05) is 6.54 Å². The van der Waals surface area contributed by atoms with Crippen LogP contribution in [0.5, 0.6) is 0 Å². The van der Waals surface area contributed by atoms with E-state index >= 15 is 0 Å². The topological polar surface area (TPSA) is 86.0 Å². The maximum atomic E-state index is 13.3. The number of hydrogen-bond acceptors (Lipinski definition) is 7. The van der Waals surface area contributed by atoms with Gasteiger partial charge in [-0.3, -0.25) is 4.79 Å². The molecule has 164 valence electrons. The highest BCUT2D eigenvalue weighted by Crippen LogP contribution is 2.22. The third kappa shape index (κ3) is 4.95. The quantitative estimate of drug-likeness (QED) is 0.396. The molecule has 7 heteroatoms. The number of para-hydroxylation sites is 1. The average molecular weight is 433 g/mol. The summed E-state index contributed by atoms with van der Waals surface area (Å²) in [6.45, 7) is 3.95. The van der Waals surface area contributed by atoms with Gasteiger partial charge in [0.2, 0.25) is 0 Å². The van der Waals surface area contributed by atoms with Crippen LogP contribution >= 0.6 is 0 Å². The van der Waals surface area contributed by atoms with Gasteiger partial charge >= 0.3 is 11.9 Å². The number of hydrogen-bond donors (Lipinski definition) is 0. The van der Waals surface area contributed by atoms with Crippen LogP contribution in [0.3, 0.4) is 0 Å². The molecule has 0 fully saturated rings. The molecule has 32 heavy (non-hydrogen) atoms. The molecule has 7 nitrogen and oxygen atoms in total. The van der Waals surface area contributed by atoms with Crippen LogP contribution < -0.4 is 5.43 Å². The first-order valence-corrected chi connectivity index (χ1v) is 9.82. The number of carbonyl (C=O) groups excluding carboxylic acids is 2. The van der Waals surface area contributed by atoms with E-state index in [0.29, 0.717) is 16.5 Å². The van der Waals surface area contributed by atoms with Gasteiger partial charge < -0.3 is 18.8 Å². The summed E-state index contributed by atoms with van der Waals surface area (Å²) in [6.07, 6.45) is 2.50. The number of carbonyl (C=O) groups is 2. The van der Waals surface area contributed by atoms with Gasteiger partial charge in [-0.25, -0.2) is 9.59 Å². The minimum absolute atomic E-state index is 0.0264. The zero-order valence-electron chi connectivity index (χ0n) is 17.9. The molecule has 0 saturated heterocycles. The zero-order chi connectivity index (χ0) is 23.1. The predicted molar refractivity (Wildman–Crippen MR) is 120 cm³/mol. The van der Waals surface area contributed by atoms with E-state index in [9.17, 15) is 14.4 Å². The fraction of sp³-hybridized carbons (Fsp3) is 0.160. The van der Waals surface area contributed by atoms with Gasteiger partial charge in [0.1, 0.15) is 17.0 Å². The summed E-state index contributed by atoms with van der Waals surface area (Å²) >= 11 is 0. The normalized spacial score (nSPS) is 11.1. The van der Waals surface area contributed by atoms with E-state index < -0.39 is 11.9 Å². The Kier molecular flexibility index (Phi) is 7.23. The third-order valence-corrected chi connectivity index (χ3v) is 4.86. The molecule has 0 radical (unpaired) electrons. The van der Waals surface area contributed by atoms with E-state index in [1.165, 1.54) is 20.3 Å². The fourth-order valence-corrected chi connectivity index (χ4v) is 3.29. The Morgan fingerprint density at radius 2 is 1.69 bits per heavy atom. The van der Waals surface area contributed by atoms with E-state index in [1.54, 1.807) is 29.2 Å². The highest BCUT2D eigenvalue weighted by molar-refractivity contribution is 5.95. The van der Waals surface area contributed by atoms with Crippen molar-refractivity contribution in [1.82, 2.24) is 4.90 Å². The number of fused-ring (bicyclic) bond motifs is 1. The number of esters is 2. The minimum atomic E-state index is -0.739. The molecule has 0 aliphatic carbocycles. The summed E-state index contributed by atoms with van der Waals surface area (Å²) in [4.78, 5) is 39.4.